The predicted molar refractivity (Wildman–Crippen MR) is 213 cm³/mol. The fraction of sp³-hybridized carbons (Fsp3) is 0.932. The fourth-order valence-electron chi connectivity index (χ4n) is 6.78. The smallest absolute Gasteiger partial charge is 0.306 e. The van der Waals surface area contributed by atoms with Crippen LogP contribution in [0.5, 0.6) is 0 Å². The van der Waals surface area contributed by atoms with Gasteiger partial charge in [-0.1, -0.05) is 181 Å². The lowest BCUT2D eigenvalue weighted by atomic mass is 10.0. The van der Waals surface area contributed by atoms with Crippen molar-refractivity contribution in [3.8, 4) is 0 Å². The minimum atomic E-state index is -1.12. The van der Waals surface area contributed by atoms with Gasteiger partial charge < -0.3 is 28.6 Å². The number of carboxylic acid groups (broad SMARTS) is 1. The Morgan fingerprint density at radius 3 is 1.19 bits per heavy atom. The Balaban J connectivity index is 4.25. The van der Waals surface area contributed by atoms with Crippen LogP contribution >= 0.6 is 0 Å². The molecule has 0 aromatic heterocycles. The van der Waals surface area contributed by atoms with Crippen LogP contribution in [0.2, 0.25) is 0 Å². The molecule has 2 unspecified atom stereocenters. The first-order valence-electron chi connectivity index (χ1n) is 22.1. The molecule has 0 aliphatic carbocycles. The number of rotatable bonds is 40. The highest BCUT2D eigenvalue weighted by Crippen LogP contribution is 2.16. The van der Waals surface area contributed by atoms with Crippen LogP contribution in [-0.4, -0.2) is 75.5 Å². The number of hydrogen-bond acceptors (Lipinski definition) is 7. The van der Waals surface area contributed by atoms with E-state index in [1.165, 1.54) is 141 Å². The Morgan fingerprint density at radius 2 is 0.846 bits per heavy atom. The summed E-state index contributed by atoms with van der Waals surface area (Å²) in [7, 11) is 5.41. The molecular weight excluding hydrogens is 654 g/mol. The zero-order chi connectivity index (χ0) is 38.5. The Kier molecular flexibility index (Phi) is 35.1. The third kappa shape index (κ3) is 34.1. The summed E-state index contributed by atoms with van der Waals surface area (Å²) in [5.74, 6) is -1.72. The number of carbonyl (C=O) groups excluding carboxylic acids is 3. The van der Waals surface area contributed by atoms with E-state index in [2.05, 4.69) is 13.8 Å². The van der Waals surface area contributed by atoms with Gasteiger partial charge in [-0.2, -0.15) is 0 Å². The molecule has 0 saturated carbocycles. The molecule has 0 radical (unpaired) electrons. The van der Waals surface area contributed by atoms with E-state index >= 15 is 0 Å². The van der Waals surface area contributed by atoms with Crippen LogP contribution in [-0.2, 0) is 28.6 Å². The first-order valence-corrected chi connectivity index (χ1v) is 22.1. The molecule has 0 bridgehead atoms. The zero-order valence-corrected chi connectivity index (χ0v) is 35.0. The van der Waals surface area contributed by atoms with E-state index in [9.17, 15) is 19.5 Å². The van der Waals surface area contributed by atoms with Crippen molar-refractivity contribution >= 4 is 17.9 Å². The van der Waals surface area contributed by atoms with E-state index < -0.39 is 18.1 Å². The van der Waals surface area contributed by atoms with E-state index in [1.54, 1.807) is 21.1 Å². The minimum Gasteiger partial charge on any atom is -0.544 e. The van der Waals surface area contributed by atoms with Crippen LogP contribution in [0.1, 0.15) is 213 Å². The number of ether oxygens (including phenoxy) is 3. The highest BCUT2D eigenvalue weighted by molar-refractivity contribution is 5.70. The van der Waals surface area contributed by atoms with Crippen molar-refractivity contribution in [1.82, 2.24) is 0 Å². The Morgan fingerprint density at radius 1 is 0.500 bits per heavy atom. The normalized spacial score (nSPS) is 12.9. The first kappa shape index (κ1) is 50.3. The van der Waals surface area contributed by atoms with Crippen LogP contribution in [0.25, 0.3) is 0 Å². The second-order valence-electron chi connectivity index (χ2n) is 16.3. The maximum absolute atomic E-state index is 12.7. The molecule has 0 spiro atoms. The summed E-state index contributed by atoms with van der Waals surface area (Å²) in [5.41, 5.74) is 0. The number of likely N-dealkylation sites (N-methyl/N-ethyl adjacent to an activating group) is 1. The molecule has 0 amide bonds. The van der Waals surface area contributed by atoms with Gasteiger partial charge in [0.05, 0.1) is 40.3 Å². The molecule has 52 heavy (non-hydrogen) atoms. The largest absolute Gasteiger partial charge is 0.544 e. The van der Waals surface area contributed by atoms with Crippen LogP contribution in [0.4, 0.5) is 0 Å². The molecule has 0 heterocycles. The molecule has 0 fully saturated rings. The van der Waals surface area contributed by atoms with Crippen molar-refractivity contribution in [3.05, 3.63) is 0 Å². The second kappa shape index (κ2) is 36.3. The van der Waals surface area contributed by atoms with Gasteiger partial charge in [-0.15, -0.1) is 0 Å². The van der Waals surface area contributed by atoms with Crippen molar-refractivity contribution < 1.29 is 38.2 Å². The van der Waals surface area contributed by atoms with Gasteiger partial charge in [0.25, 0.3) is 0 Å². The van der Waals surface area contributed by atoms with Crippen LogP contribution < -0.4 is 5.11 Å². The van der Waals surface area contributed by atoms with Crippen LogP contribution in [0, 0.1) is 0 Å². The predicted octanol–water partition coefficient (Wildman–Crippen LogP) is 10.4. The molecule has 0 aromatic carbocycles. The SMILES string of the molecule is CCCCCCCCCCCCCCCCCCCCC(=O)OC(COCCC(C(=O)[O-])[N+](C)(C)C)COC(=O)CCCCCCCCCCCC. The van der Waals surface area contributed by atoms with Gasteiger partial charge in [-0.25, -0.2) is 0 Å². The maximum Gasteiger partial charge on any atom is 0.306 e. The van der Waals surface area contributed by atoms with E-state index in [0.717, 1.165) is 38.5 Å². The van der Waals surface area contributed by atoms with Crippen molar-refractivity contribution in [2.75, 3.05) is 41.0 Å². The minimum absolute atomic E-state index is 0.0489. The number of quaternary nitrogens is 1. The number of carboxylic acids is 1. The number of esters is 2. The molecule has 0 aliphatic rings. The van der Waals surface area contributed by atoms with Gasteiger partial charge in [-0.3, -0.25) is 9.59 Å². The van der Waals surface area contributed by atoms with E-state index in [1.807, 2.05) is 0 Å². The molecule has 0 N–H and O–H groups in total. The molecule has 0 aromatic rings. The summed E-state index contributed by atoms with van der Waals surface area (Å²) in [4.78, 5) is 36.7. The van der Waals surface area contributed by atoms with Gasteiger partial charge in [0.15, 0.2) is 6.10 Å². The molecule has 0 aliphatic heterocycles. The monoisotopic (exact) mass is 740 g/mol. The van der Waals surface area contributed by atoms with E-state index in [4.69, 9.17) is 14.2 Å². The number of nitrogens with zero attached hydrogens (tertiary/aromatic N) is 1. The average molecular weight is 740 g/mol. The second-order valence-corrected chi connectivity index (χ2v) is 16.3. The van der Waals surface area contributed by atoms with E-state index in [0.29, 0.717) is 12.8 Å². The number of unbranched alkanes of at least 4 members (excludes halogenated alkanes) is 26. The van der Waals surface area contributed by atoms with Gasteiger partial charge in [0.1, 0.15) is 12.6 Å². The number of aliphatic carboxylic acids is 1. The molecular formula is C44H85NO7. The van der Waals surface area contributed by atoms with Gasteiger partial charge in [0, 0.05) is 19.3 Å². The molecule has 8 nitrogen and oxygen atoms in total. The van der Waals surface area contributed by atoms with Crippen molar-refractivity contribution in [1.29, 1.82) is 0 Å². The molecule has 2 atom stereocenters. The lowest BCUT2D eigenvalue weighted by Crippen LogP contribution is -2.55. The summed E-state index contributed by atoms with van der Waals surface area (Å²) in [6.07, 6.45) is 35.5. The Labute approximate surface area is 321 Å². The van der Waals surface area contributed by atoms with Crippen LogP contribution in [0.15, 0.2) is 0 Å². The quantitative estimate of drug-likeness (QED) is 0.0350. The highest BCUT2D eigenvalue weighted by atomic mass is 16.6. The van der Waals surface area contributed by atoms with E-state index in [-0.39, 0.29) is 42.7 Å². The summed E-state index contributed by atoms with van der Waals surface area (Å²) < 4.78 is 17.1. The molecule has 308 valence electrons. The standard InChI is InChI=1S/C44H85NO7/c1-6-8-10-12-14-16-18-19-20-21-22-23-24-25-27-29-31-33-35-43(47)52-40(38-50-37-36-41(44(48)49)45(3,4)5)39-51-42(46)34-32-30-28-26-17-15-13-11-9-7-2/h40-41H,6-39H2,1-5H3. The topological polar surface area (TPSA) is 102 Å². The third-order valence-corrected chi connectivity index (χ3v) is 10.2. The van der Waals surface area contributed by atoms with Crippen molar-refractivity contribution in [3.63, 3.8) is 0 Å². The summed E-state index contributed by atoms with van der Waals surface area (Å²) >= 11 is 0. The number of carbonyl (C=O) groups is 3. The molecule has 8 heteroatoms. The lowest BCUT2D eigenvalue weighted by molar-refractivity contribution is -0.889. The van der Waals surface area contributed by atoms with Gasteiger partial charge >= 0.3 is 11.9 Å². The number of hydrogen-bond donors (Lipinski definition) is 0. The Hall–Kier alpha value is -1.67. The van der Waals surface area contributed by atoms with Gasteiger partial charge in [-0.05, 0) is 12.8 Å². The van der Waals surface area contributed by atoms with Crippen molar-refractivity contribution in [2.24, 2.45) is 0 Å². The Bertz CT molecular complexity index is 828. The third-order valence-electron chi connectivity index (χ3n) is 10.2. The van der Waals surface area contributed by atoms with Crippen LogP contribution in [0.3, 0.4) is 0 Å². The lowest BCUT2D eigenvalue weighted by Gasteiger charge is -2.34. The van der Waals surface area contributed by atoms with Crippen molar-refractivity contribution in [2.45, 2.75) is 225 Å². The highest BCUT2D eigenvalue weighted by Gasteiger charge is 2.25. The maximum atomic E-state index is 12.7. The fourth-order valence-corrected chi connectivity index (χ4v) is 6.78. The zero-order valence-electron chi connectivity index (χ0n) is 35.0. The summed E-state index contributed by atoms with van der Waals surface area (Å²) in [5, 5.41) is 11.6. The average Bonchev–Trinajstić information content (AvgIpc) is 3.09. The van der Waals surface area contributed by atoms with Gasteiger partial charge in [0.2, 0.25) is 0 Å². The summed E-state index contributed by atoms with van der Waals surface area (Å²) in [6.45, 7) is 4.68. The molecule has 0 rings (SSSR count). The first-order chi connectivity index (χ1) is 25.1. The summed E-state index contributed by atoms with van der Waals surface area (Å²) in [6, 6.07) is -0.718. The molecule has 0 saturated heterocycles.